The largest absolute Gasteiger partial charge is 0.496 e. The highest BCUT2D eigenvalue weighted by atomic mass is 32.1. The Bertz CT molecular complexity index is 731. The van der Waals surface area contributed by atoms with Crippen LogP contribution in [-0.4, -0.2) is 21.7 Å². The third-order valence-electron chi connectivity index (χ3n) is 3.13. The average molecular weight is 274 g/mol. The van der Waals surface area contributed by atoms with Gasteiger partial charge < -0.3 is 10.5 Å². The number of aryl methyl sites for hydroxylation is 1. The first-order chi connectivity index (χ1) is 9.24. The summed E-state index contributed by atoms with van der Waals surface area (Å²) in [6.07, 6.45) is 0.919. The van der Waals surface area contributed by atoms with Crippen LogP contribution in [0.3, 0.4) is 0 Å². The molecule has 1 aromatic carbocycles. The number of nitrogen functional groups attached to an aromatic ring is 1. The van der Waals surface area contributed by atoms with Gasteiger partial charge in [0.05, 0.1) is 12.8 Å². The number of hydrogen-bond donors (Lipinski definition) is 1. The van der Waals surface area contributed by atoms with Crippen LogP contribution in [0.5, 0.6) is 5.75 Å². The van der Waals surface area contributed by atoms with E-state index in [9.17, 15) is 0 Å². The minimum Gasteiger partial charge on any atom is -0.496 e. The lowest BCUT2D eigenvalue weighted by molar-refractivity contribution is 0.410. The molecule has 19 heavy (non-hydrogen) atoms. The highest BCUT2D eigenvalue weighted by Gasteiger charge is 2.12. The molecule has 2 heterocycles. The Labute approximate surface area is 114 Å². The molecule has 0 aliphatic heterocycles. The van der Waals surface area contributed by atoms with E-state index >= 15 is 0 Å². The maximum absolute atomic E-state index is 5.86. The van der Waals surface area contributed by atoms with Crippen LogP contribution in [0.15, 0.2) is 23.6 Å². The fourth-order valence-corrected chi connectivity index (χ4v) is 3.00. The number of hydrogen-bond acceptors (Lipinski definition) is 5. The second-order valence-corrected chi connectivity index (χ2v) is 5.01. The molecule has 2 aromatic heterocycles. The van der Waals surface area contributed by atoms with Gasteiger partial charge in [0.25, 0.3) is 0 Å². The summed E-state index contributed by atoms with van der Waals surface area (Å²) in [6.45, 7) is 2.11. The molecule has 0 saturated carbocycles. The maximum Gasteiger partial charge on any atom is 0.227 e. The Morgan fingerprint density at radius 3 is 2.95 bits per heavy atom. The molecule has 0 fully saturated rings. The van der Waals surface area contributed by atoms with Gasteiger partial charge in [0.15, 0.2) is 0 Å². The predicted octanol–water partition coefficient (Wildman–Crippen LogP) is 2.61. The Kier molecular flexibility index (Phi) is 2.87. The van der Waals surface area contributed by atoms with Gasteiger partial charge in [0, 0.05) is 10.9 Å². The van der Waals surface area contributed by atoms with Crippen molar-refractivity contribution in [3.63, 3.8) is 0 Å². The number of rotatable bonds is 3. The summed E-state index contributed by atoms with van der Waals surface area (Å²) in [7, 11) is 1.69. The first-order valence-corrected chi connectivity index (χ1v) is 6.88. The van der Waals surface area contributed by atoms with Crippen molar-refractivity contribution in [1.29, 1.82) is 0 Å². The molecule has 0 aliphatic carbocycles. The lowest BCUT2D eigenvalue weighted by atomic mass is 10.1. The normalized spacial score (nSPS) is 11.1. The van der Waals surface area contributed by atoms with Crippen LogP contribution >= 0.6 is 11.3 Å². The Hall–Kier alpha value is -2.08. The molecule has 0 unspecified atom stereocenters. The molecular formula is C13H14N4OS. The van der Waals surface area contributed by atoms with Crippen molar-refractivity contribution in [1.82, 2.24) is 14.6 Å². The van der Waals surface area contributed by atoms with Crippen LogP contribution in [0.2, 0.25) is 0 Å². The van der Waals surface area contributed by atoms with E-state index in [0.29, 0.717) is 5.95 Å². The van der Waals surface area contributed by atoms with Gasteiger partial charge >= 0.3 is 0 Å². The summed E-state index contributed by atoms with van der Waals surface area (Å²) in [5.74, 6) is 1.33. The monoisotopic (exact) mass is 274 g/mol. The molecule has 5 nitrogen and oxygen atoms in total. The van der Waals surface area contributed by atoms with E-state index in [1.807, 2.05) is 21.9 Å². The maximum atomic E-state index is 5.86. The van der Waals surface area contributed by atoms with E-state index in [1.165, 1.54) is 16.9 Å². The molecule has 2 N–H and O–H groups in total. The minimum absolute atomic E-state index is 0.417. The van der Waals surface area contributed by atoms with Gasteiger partial charge in [-0.2, -0.15) is 0 Å². The molecule has 0 atom stereocenters. The van der Waals surface area contributed by atoms with E-state index in [-0.39, 0.29) is 0 Å². The van der Waals surface area contributed by atoms with Gasteiger partial charge in [-0.05, 0) is 30.2 Å². The third-order valence-corrected chi connectivity index (χ3v) is 3.95. The fraction of sp³-hybridized carbons (Fsp3) is 0.231. The number of ether oxygens (including phenoxy) is 1. The number of aromatic nitrogens is 3. The van der Waals surface area contributed by atoms with Crippen LogP contribution in [0.1, 0.15) is 12.5 Å². The Morgan fingerprint density at radius 1 is 1.37 bits per heavy atom. The van der Waals surface area contributed by atoms with Gasteiger partial charge in [-0.15, -0.1) is 21.5 Å². The zero-order valence-electron chi connectivity index (χ0n) is 10.8. The zero-order valence-corrected chi connectivity index (χ0v) is 11.6. The number of nitrogens with two attached hydrogens (primary N) is 1. The van der Waals surface area contributed by atoms with Crippen molar-refractivity contribution in [2.75, 3.05) is 12.8 Å². The average Bonchev–Trinajstić information content (AvgIpc) is 3.01. The molecule has 3 rings (SSSR count). The lowest BCUT2D eigenvalue weighted by Gasteiger charge is -2.09. The zero-order chi connectivity index (χ0) is 13.4. The van der Waals surface area contributed by atoms with E-state index in [1.54, 1.807) is 7.11 Å². The van der Waals surface area contributed by atoms with E-state index in [0.717, 1.165) is 28.4 Å². The highest BCUT2D eigenvalue weighted by molar-refractivity contribution is 7.15. The quantitative estimate of drug-likeness (QED) is 0.797. The van der Waals surface area contributed by atoms with Gasteiger partial charge in [-0.3, -0.25) is 4.40 Å². The van der Waals surface area contributed by atoms with E-state index < -0.39 is 0 Å². The van der Waals surface area contributed by atoms with Crippen LogP contribution in [0.25, 0.3) is 16.2 Å². The lowest BCUT2D eigenvalue weighted by Crippen LogP contribution is -1.96. The van der Waals surface area contributed by atoms with Crippen LogP contribution < -0.4 is 10.5 Å². The third kappa shape index (κ3) is 1.84. The van der Waals surface area contributed by atoms with Crippen LogP contribution in [0, 0.1) is 0 Å². The van der Waals surface area contributed by atoms with Crippen LogP contribution in [0.4, 0.5) is 5.95 Å². The van der Waals surface area contributed by atoms with Gasteiger partial charge in [-0.1, -0.05) is 6.92 Å². The van der Waals surface area contributed by atoms with Crippen molar-refractivity contribution in [3.05, 3.63) is 29.1 Å². The number of methoxy groups -OCH3 is 1. The molecule has 0 amide bonds. The van der Waals surface area contributed by atoms with Crippen molar-refractivity contribution >= 4 is 22.2 Å². The minimum atomic E-state index is 0.417. The number of benzene rings is 1. The molecule has 98 valence electrons. The van der Waals surface area contributed by atoms with E-state index in [4.69, 9.17) is 10.5 Å². The van der Waals surface area contributed by atoms with Gasteiger partial charge in [0.1, 0.15) is 5.75 Å². The predicted molar refractivity (Wildman–Crippen MR) is 76.6 cm³/mol. The molecule has 0 radical (unpaired) electrons. The van der Waals surface area contributed by atoms with Gasteiger partial charge in [-0.25, -0.2) is 0 Å². The first kappa shape index (κ1) is 12.0. The summed E-state index contributed by atoms with van der Waals surface area (Å²) in [5.41, 5.74) is 9.14. The smallest absolute Gasteiger partial charge is 0.227 e. The molecule has 0 aliphatic rings. The van der Waals surface area contributed by atoms with Crippen molar-refractivity contribution in [2.45, 2.75) is 13.3 Å². The fourth-order valence-electron chi connectivity index (χ4n) is 2.16. The summed E-state index contributed by atoms with van der Waals surface area (Å²) in [5, 5.41) is 9.96. The van der Waals surface area contributed by atoms with Crippen LogP contribution in [-0.2, 0) is 6.42 Å². The van der Waals surface area contributed by atoms with Crippen molar-refractivity contribution in [2.24, 2.45) is 0 Å². The van der Waals surface area contributed by atoms with Gasteiger partial charge in [0.2, 0.25) is 10.9 Å². The SMILES string of the molecule is CCc1cc(-c2csc3nnc(N)n23)ccc1OC. The molecule has 0 spiro atoms. The van der Waals surface area contributed by atoms with E-state index in [2.05, 4.69) is 23.2 Å². The number of thiazole rings is 1. The molecule has 0 bridgehead atoms. The molecule has 0 saturated heterocycles. The summed E-state index contributed by atoms with van der Waals surface area (Å²) >= 11 is 1.53. The molecule has 6 heteroatoms. The summed E-state index contributed by atoms with van der Waals surface area (Å²) in [6, 6.07) is 6.14. The Balaban J connectivity index is 2.18. The summed E-state index contributed by atoms with van der Waals surface area (Å²) < 4.78 is 7.22. The molecule has 3 aromatic rings. The number of anilines is 1. The second-order valence-electron chi connectivity index (χ2n) is 4.18. The highest BCUT2D eigenvalue weighted by Crippen LogP contribution is 2.30. The standard InChI is InChI=1S/C13H14N4OS/c1-3-8-6-9(4-5-11(8)18-2)10-7-19-13-16-15-12(14)17(10)13/h4-7H,3H2,1-2H3,(H2,14,15). The number of nitrogens with zero attached hydrogens (tertiary/aromatic N) is 3. The molecular weight excluding hydrogens is 260 g/mol. The Morgan fingerprint density at radius 2 is 2.21 bits per heavy atom. The van der Waals surface area contributed by atoms with Crippen molar-refractivity contribution < 1.29 is 4.74 Å². The first-order valence-electron chi connectivity index (χ1n) is 6.00. The summed E-state index contributed by atoms with van der Waals surface area (Å²) in [4.78, 5) is 0.807. The van der Waals surface area contributed by atoms with Crippen molar-refractivity contribution in [3.8, 4) is 17.0 Å². The topological polar surface area (TPSA) is 65.4 Å². The number of fused-ring (bicyclic) bond motifs is 1. The second kappa shape index (κ2) is 4.55.